The van der Waals surface area contributed by atoms with Crippen molar-refractivity contribution in [2.24, 2.45) is 0 Å². The van der Waals surface area contributed by atoms with Crippen LogP contribution in [0.3, 0.4) is 0 Å². The summed E-state index contributed by atoms with van der Waals surface area (Å²) in [6.45, 7) is 2.17. The minimum absolute atomic E-state index is 0.0387. The van der Waals surface area contributed by atoms with Crippen LogP contribution in [-0.4, -0.2) is 23.2 Å². The number of carboxylic acid groups (broad SMARTS) is 1. The second-order valence-corrected chi connectivity index (χ2v) is 8.56. The molecule has 5 heteroatoms. The number of aromatic nitrogens is 1. The molecule has 1 heterocycles. The predicted molar refractivity (Wildman–Crippen MR) is 133 cm³/mol. The van der Waals surface area contributed by atoms with Crippen LogP contribution in [0.25, 0.3) is 10.9 Å². The average molecular weight is 460 g/mol. The molecule has 1 aromatic heterocycles. The number of nitrogens with zero attached hydrogens (tertiary/aromatic N) is 1. The summed E-state index contributed by atoms with van der Waals surface area (Å²) >= 11 is 6.22. The van der Waals surface area contributed by atoms with Gasteiger partial charge in [0.25, 0.3) is 0 Å². The Hall–Kier alpha value is -3.37. The van der Waals surface area contributed by atoms with Gasteiger partial charge in [-0.05, 0) is 65.4 Å². The van der Waals surface area contributed by atoms with Crippen molar-refractivity contribution in [3.05, 3.63) is 106 Å². The zero-order chi connectivity index (χ0) is 23.4. The number of benzene rings is 3. The first-order valence-electron chi connectivity index (χ1n) is 11.0. The fourth-order valence-corrected chi connectivity index (χ4v) is 4.68. The van der Waals surface area contributed by atoms with E-state index in [0.717, 1.165) is 34.9 Å². The molecule has 0 aliphatic rings. The Bertz CT molecular complexity index is 1250. The van der Waals surface area contributed by atoms with Crippen molar-refractivity contribution in [3.63, 3.8) is 0 Å². The molecule has 0 aliphatic heterocycles. The fraction of sp³-hybridized carbons (Fsp3) is 0.214. The van der Waals surface area contributed by atoms with Gasteiger partial charge in [0.15, 0.2) is 0 Å². The third kappa shape index (κ3) is 4.86. The summed E-state index contributed by atoms with van der Waals surface area (Å²) in [7, 11) is 1.62. The van der Waals surface area contributed by atoms with Crippen LogP contribution in [0.5, 0.6) is 5.88 Å². The minimum Gasteiger partial charge on any atom is -0.481 e. The molecule has 4 nitrogen and oxygen atoms in total. The van der Waals surface area contributed by atoms with Gasteiger partial charge in [0, 0.05) is 22.4 Å². The first-order chi connectivity index (χ1) is 16.0. The first-order valence-corrected chi connectivity index (χ1v) is 11.4. The van der Waals surface area contributed by atoms with E-state index in [1.54, 1.807) is 19.2 Å². The van der Waals surface area contributed by atoms with Gasteiger partial charge in [-0.2, -0.15) is 0 Å². The molecule has 0 aliphatic carbocycles. The number of rotatable bonds is 8. The monoisotopic (exact) mass is 459 g/mol. The Morgan fingerprint density at radius 2 is 1.67 bits per heavy atom. The van der Waals surface area contributed by atoms with E-state index in [1.165, 1.54) is 5.56 Å². The average Bonchev–Trinajstić information content (AvgIpc) is 2.84. The lowest BCUT2D eigenvalue weighted by molar-refractivity contribution is 0.0697. The van der Waals surface area contributed by atoms with E-state index in [4.69, 9.17) is 16.3 Å². The molecule has 1 unspecified atom stereocenters. The molecule has 0 spiro atoms. The molecule has 4 aromatic rings. The van der Waals surface area contributed by atoms with E-state index in [1.807, 2.05) is 42.5 Å². The number of carbonyl (C=O) groups is 1. The molecule has 3 aromatic carbocycles. The quantitative estimate of drug-likeness (QED) is 0.300. The highest BCUT2D eigenvalue weighted by Crippen LogP contribution is 2.44. The molecule has 33 heavy (non-hydrogen) atoms. The van der Waals surface area contributed by atoms with Crippen LogP contribution < -0.4 is 4.74 Å². The predicted octanol–water partition coefficient (Wildman–Crippen LogP) is 7.31. The highest BCUT2D eigenvalue weighted by molar-refractivity contribution is 6.30. The Labute approximate surface area is 198 Å². The molecule has 0 saturated heterocycles. The second kappa shape index (κ2) is 10.1. The van der Waals surface area contributed by atoms with Gasteiger partial charge in [0.2, 0.25) is 5.88 Å². The maximum Gasteiger partial charge on any atom is 0.335 e. The van der Waals surface area contributed by atoms with Crippen molar-refractivity contribution in [1.82, 2.24) is 4.98 Å². The van der Waals surface area contributed by atoms with Crippen molar-refractivity contribution in [2.75, 3.05) is 7.11 Å². The van der Waals surface area contributed by atoms with Crippen LogP contribution in [0.15, 0.2) is 78.9 Å². The molecular weight excluding hydrogens is 434 g/mol. The van der Waals surface area contributed by atoms with Gasteiger partial charge in [-0.3, -0.25) is 0 Å². The number of halogens is 1. The highest BCUT2D eigenvalue weighted by Gasteiger charge is 2.28. The Morgan fingerprint density at radius 1 is 0.970 bits per heavy atom. The van der Waals surface area contributed by atoms with E-state index in [0.29, 0.717) is 16.5 Å². The third-order valence-corrected chi connectivity index (χ3v) is 6.35. The minimum atomic E-state index is -0.920. The highest BCUT2D eigenvalue weighted by atomic mass is 35.5. The lowest BCUT2D eigenvalue weighted by Crippen LogP contribution is -2.14. The Kier molecular flexibility index (Phi) is 6.95. The van der Waals surface area contributed by atoms with Gasteiger partial charge in [0.1, 0.15) is 0 Å². The van der Waals surface area contributed by atoms with Gasteiger partial charge >= 0.3 is 5.97 Å². The van der Waals surface area contributed by atoms with E-state index < -0.39 is 5.97 Å². The maximum atomic E-state index is 11.4. The summed E-state index contributed by atoms with van der Waals surface area (Å²) in [6.07, 6.45) is 1.94. The number of hydrogen-bond acceptors (Lipinski definition) is 3. The number of fused-ring (bicyclic) bond motifs is 1. The molecule has 4 rings (SSSR count). The van der Waals surface area contributed by atoms with Gasteiger partial charge < -0.3 is 9.84 Å². The summed E-state index contributed by atoms with van der Waals surface area (Å²) < 4.78 is 5.33. The normalized spacial score (nSPS) is 12.9. The molecule has 0 amide bonds. The number of ether oxygens (including phenoxy) is 1. The lowest BCUT2D eigenvalue weighted by atomic mass is 9.74. The SMILES string of the molecule is CCC[C@H](c1ccc(C(=O)O)cc1)C(c1ccc(Cl)cc1)c1cccc2nc(OC)ccc12. The summed E-state index contributed by atoms with van der Waals surface area (Å²) in [5.74, 6) is -0.155. The van der Waals surface area contributed by atoms with E-state index in [2.05, 4.69) is 36.2 Å². The largest absolute Gasteiger partial charge is 0.481 e. The zero-order valence-corrected chi connectivity index (χ0v) is 19.4. The van der Waals surface area contributed by atoms with Crippen molar-refractivity contribution in [1.29, 1.82) is 0 Å². The molecule has 0 saturated carbocycles. The zero-order valence-electron chi connectivity index (χ0n) is 18.7. The van der Waals surface area contributed by atoms with Crippen LogP contribution in [0, 0.1) is 0 Å². The van der Waals surface area contributed by atoms with E-state index in [-0.39, 0.29) is 11.8 Å². The van der Waals surface area contributed by atoms with E-state index in [9.17, 15) is 9.90 Å². The molecule has 1 N–H and O–H groups in total. The van der Waals surface area contributed by atoms with Gasteiger partial charge in [-0.15, -0.1) is 0 Å². The van der Waals surface area contributed by atoms with Crippen LogP contribution in [0.1, 0.15) is 58.6 Å². The fourth-order valence-electron chi connectivity index (χ4n) is 4.55. The number of pyridine rings is 1. The number of carboxylic acids is 1. The summed E-state index contributed by atoms with van der Waals surface area (Å²) in [4.78, 5) is 16.0. The van der Waals surface area contributed by atoms with Crippen LogP contribution in [0.4, 0.5) is 0 Å². The van der Waals surface area contributed by atoms with Crippen molar-refractivity contribution in [3.8, 4) is 5.88 Å². The third-order valence-electron chi connectivity index (χ3n) is 6.10. The lowest BCUT2D eigenvalue weighted by Gasteiger charge is -2.30. The number of hydrogen-bond donors (Lipinski definition) is 1. The summed E-state index contributed by atoms with van der Waals surface area (Å²) in [5, 5.41) is 11.1. The molecule has 0 fully saturated rings. The van der Waals surface area contributed by atoms with Crippen LogP contribution in [-0.2, 0) is 0 Å². The Morgan fingerprint density at radius 3 is 2.30 bits per heavy atom. The van der Waals surface area contributed by atoms with Crippen molar-refractivity contribution < 1.29 is 14.6 Å². The number of aromatic carboxylic acids is 1. The van der Waals surface area contributed by atoms with Gasteiger partial charge in [-0.1, -0.05) is 61.3 Å². The summed E-state index contributed by atoms with van der Waals surface area (Å²) in [5.41, 5.74) is 4.61. The van der Waals surface area contributed by atoms with Gasteiger partial charge in [0.05, 0.1) is 18.2 Å². The van der Waals surface area contributed by atoms with Crippen LogP contribution in [0.2, 0.25) is 5.02 Å². The molecule has 2 atom stereocenters. The maximum absolute atomic E-state index is 11.4. The van der Waals surface area contributed by atoms with E-state index >= 15 is 0 Å². The molecular formula is C28H26ClNO3. The van der Waals surface area contributed by atoms with Gasteiger partial charge in [-0.25, -0.2) is 9.78 Å². The molecule has 0 radical (unpaired) electrons. The Balaban J connectivity index is 1.91. The smallest absolute Gasteiger partial charge is 0.335 e. The molecule has 0 bridgehead atoms. The second-order valence-electron chi connectivity index (χ2n) is 8.12. The first kappa shape index (κ1) is 22.8. The van der Waals surface area contributed by atoms with Crippen molar-refractivity contribution >= 4 is 28.5 Å². The topological polar surface area (TPSA) is 59.4 Å². The van der Waals surface area contributed by atoms with Crippen molar-refractivity contribution in [2.45, 2.75) is 31.6 Å². The van der Waals surface area contributed by atoms with Crippen LogP contribution >= 0.6 is 11.6 Å². The standard InChI is InChI=1S/C28H26ClNO3/c1-3-5-22(18-8-10-20(11-9-18)28(31)32)27(19-12-14-21(29)15-13-19)24-6-4-7-25-23(24)16-17-26(30-25)33-2/h4,6-17,22,27H,3,5H2,1-2H3,(H,31,32)/t22-,27?/m1/s1. The summed E-state index contributed by atoms with van der Waals surface area (Å²) in [6, 6.07) is 25.4. The number of methoxy groups -OCH3 is 1. The molecule has 168 valence electrons.